The second kappa shape index (κ2) is 19.4. The third kappa shape index (κ3) is 14.6. The Morgan fingerprint density at radius 2 is 1.75 bits per heavy atom. The van der Waals surface area contributed by atoms with E-state index in [1.165, 1.54) is 68.5 Å². The zero-order valence-corrected chi connectivity index (χ0v) is 23.4. The molecular formula is C31H47F2N3. The molecule has 0 amide bonds. The number of benzene rings is 1. The lowest BCUT2D eigenvalue weighted by Gasteiger charge is -2.21. The average molecular weight is 500 g/mol. The minimum Gasteiger partial charge on any atom is -0.360 e. The molecule has 3 rings (SSSR count). The first-order chi connectivity index (χ1) is 17.2. The predicted molar refractivity (Wildman–Crippen MR) is 156 cm³/mol. The van der Waals surface area contributed by atoms with E-state index in [2.05, 4.69) is 48.2 Å². The van der Waals surface area contributed by atoms with E-state index < -0.39 is 11.6 Å². The number of aliphatic imine (C=N–C) groups is 2. The molecule has 1 aliphatic heterocycles. The van der Waals surface area contributed by atoms with Gasteiger partial charge in [0.15, 0.2) is 0 Å². The van der Waals surface area contributed by atoms with Crippen LogP contribution in [0.3, 0.4) is 0 Å². The van der Waals surface area contributed by atoms with E-state index in [0.29, 0.717) is 5.56 Å². The highest BCUT2D eigenvalue weighted by atomic mass is 19.1. The van der Waals surface area contributed by atoms with Gasteiger partial charge in [-0.1, -0.05) is 51.2 Å². The standard InChI is InChI=1S/C13H21N.C9H9F2N.C7H13N.C2H4/c1-2-13-9-12(10-14-13)8-11-6-4-3-5-7-11;1-3-12-9-6(2)4-7(10)5-8(9)11;1-6(2)5-8-7(3)4;1-2/h10-11H,2-9H2,1H3;3-5,12H,1H2,2H3;5H,1-4H3;1-2H2. The summed E-state index contributed by atoms with van der Waals surface area (Å²) in [5.74, 6) is -0.201. The zero-order chi connectivity index (χ0) is 27.5. The molecule has 200 valence electrons. The molecule has 36 heavy (non-hydrogen) atoms. The van der Waals surface area contributed by atoms with Crippen LogP contribution in [0.25, 0.3) is 0 Å². The molecule has 0 aromatic heterocycles. The van der Waals surface area contributed by atoms with Crippen LogP contribution in [-0.4, -0.2) is 11.4 Å². The van der Waals surface area contributed by atoms with E-state index in [0.717, 1.165) is 24.1 Å². The minimum absolute atomic E-state index is 0.270. The van der Waals surface area contributed by atoms with Gasteiger partial charge in [-0.05, 0) is 76.8 Å². The van der Waals surface area contributed by atoms with Gasteiger partial charge in [0.25, 0.3) is 0 Å². The number of aryl methyl sites for hydroxylation is 1. The second-order valence-electron chi connectivity index (χ2n) is 9.43. The summed E-state index contributed by atoms with van der Waals surface area (Å²) in [6, 6.07) is 2.09. The zero-order valence-electron chi connectivity index (χ0n) is 23.4. The van der Waals surface area contributed by atoms with Gasteiger partial charge in [-0.2, -0.15) is 0 Å². The Morgan fingerprint density at radius 1 is 1.11 bits per heavy atom. The van der Waals surface area contributed by atoms with Crippen molar-refractivity contribution in [2.75, 3.05) is 5.32 Å². The molecule has 1 heterocycles. The topological polar surface area (TPSA) is 36.8 Å². The van der Waals surface area contributed by atoms with Crippen LogP contribution in [0.2, 0.25) is 0 Å². The Balaban J connectivity index is 0.000000511. The molecular weight excluding hydrogens is 452 g/mol. The van der Waals surface area contributed by atoms with Gasteiger partial charge in [0, 0.05) is 36.3 Å². The first kappa shape index (κ1) is 33.2. The smallest absolute Gasteiger partial charge is 0.149 e. The van der Waals surface area contributed by atoms with Crippen LogP contribution in [0.1, 0.15) is 91.5 Å². The van der Waals surface area contributed by atoms with E-state index in [9.17, 15) is 8.78 Å². The normalized spacial score (nSPS) is 14.2. The van der Waals surface area contributed by atoms with Crippen molar-refractivity contribution in [3.8, 4) is 0 Å². The van der Waals surface area contributed by atoms with E-state index in [-0.39, 0.29) is 5.69 Å². The molecule has 0 radical (unpaired) electrons. The Morgan fingerprint density at radius 3 is 2.19 bits per heavy atom. The molecule has 1 aromatic carbocycles. The van der Waals surface area contributed by atoms with Gasteiger partial charge < -0.3 is 5.32 Å². The van der Waals surface area contributed by atoms with Crippen molar-refractivity contribution in [2.24, 2.45) is 15.9 Å². The number of hydrogen-bond donors (Lipinski definition) is 1. The van der Waals surface area contributed by atoms with Crippen LogP contribution < -0.4 is 5.32 Å². The summed E-state index contributed by atoms with van der Waals surface area (Å²) in [5.41, 5.74) is 6.11. The molecule has 1 fully saturated rings. The van der Waals surface area contributed by atoms with Crippen molar-refractivity contribution < 1.29 is 8.78 Å². The van der Waals surface area contributed by atoms with Crippen molar-refractivity contribution in [1.82, 2.24) is 0 Å². The molecule has 1 N–H and O–H groups in total. The van der Waals surface area contributed by atoms with Crippen LogP contribution in [-0.2, 0) is 0 Å². The molecule has 0 atom stereocenters. The highest BCUT2D eigenvalue weighted by Crippen LogP contribution is 2.31. The van der Waals surface area contributed by atoms with Gasteiger partial charge in [-0.25, -0.2) is 8.78 Å². The van der Waals surface area contributed by atoms with Gasteiger partial charge in [-0.3, -0.25) is 9.98 Å². The van der Waals surface area contributed by atoms with Crippen LogP contribution in [0.5, 0.6) is 0 Å². The fourth-order valence-corrected chi connectivity index (χ4v) is 3.88. The Hall–Kier alpha value is -2.82. The second-order valence-corrected chi connectivity index (χ2v) is 9.43. The first-order valence-corrected chi connectivity index (χ1v) is 12.9. The van der Waals surface area contributed by atoms with Crippen LogP contribution in [0, 0.1) is 24.5 Å². The van der Waals surface area contributed by atoms with Crippen LogP contribution >= 0.6 is 0 Å². The SMILES string of the molecule is C=C.C=CNc1c(C)cc(F)cc1F.CC(C)=CN=C(C)C.CCC1=NC=C(CC2CCCCC2)C1. The fraction of sp³-hybridized carbons (Fsp3) is 0.484. The quantitative estimate of drug-likeness (QED) is 0.307. The third-order valence-corrected chi connectivity index (χ3v) is 5.62. The molecule has 2 aliphatic rings. The fourth-order valence-electron chi connectivity index (χ4n) is 3.88. The summed E-state index contributed by atoms with van der Waals surface area (Å²) in [7, 11) is 0. The maximum atomic E-state index is 12.9. The number of hydrogen-bond acceptors (Lipinski definition) is 3. The maximum absolute atomic E-state index is 12.9. The lowest BCUT2D eigenvalue weighted by Crippen LogP contribution is -2.07. The highest BCUT2D eigenvalue weighted by Gasteiger charge is 2.17. The summed E-state index contributed by atoms with van der Waals surface area (Å²) in [4.78, 5) is 8.53. The number of anilines is 1. The number of allylic oxidation sites excluding steroid dienone is 2. The average Bonchev–Trinajstić information content (AvgIpc) is 3.30. The largest absolute Gasteiger partial charge is 0.360 e. The minimum atomic E-state index is -0.604. The van der Waals surface area contributed by atoms with E-state index in [1.54, 1.807) is 12.5 Å². The predicted octanol–water partition coefficient (Wildman–Crippen LogP) is 10.1. The van der Waals surface area contributed by atoms with Gasteiger partial charge in [0.1, 0.15) is 11.6 Å². The molecule has 0 saturated heterocycles. The Bertz CT molecular complexity index is 873. The van der Waals surface area contributed by atoms with Gasteiger partial charge in [-0.15, -0.1) is 13.2 Å². The summed E-state index contributed by atoms with van der Waals surface area (Å²) < 4.78 is 25.5. The van der Waals surface area contributed by atoms with Gasteiger partial charge in [0.2, 0.25) is 0 Å². The lowest BCUT2D eigenvalue weighted by atomic mass is 9.84. The number of halogens is 2. The molecule has 1 saturated carbocycles. The maximum Gasteiger partial charge on any atom is 0.149 e. The number of rotatable bonds is 6. The van der Waals surface area contributed by atoms with E-state index in [1.807, 2.05) is 33.9 Å². The van der Waals surface area contributed by atoms with E-state index >= 15 is 0 Å². The van der Waals surface area contributed by atoms with Crippen molar-refractivity contribution in [1.29, 1.82) is 0 Å². The molecule has 3 nitrogen and oxygen atoms in total. The first-order valence-electron chi connectivity index (χ1n) is 12.9. The van der Waals surface area contributed by atoms with Crippen LogP contribution in [0.15, 0.2) is 71.6 Å². The van der Waals surface area contributed by atoms with Gasteiger partial charge in [0.05, 0.1) is 5.69 Å². The Kier molecular flexibility index (Phi) is 17.9. The number of nitrogens with zero attached hydrogens (tertiary/aromatic N) is 2. The van der Waals surface area contributed by atoms with Crippen molar-refractivity contribution in [3.05, 3.63) is 78.8 Å². The van der Waals surface area contributed by atoms with Crippen molar-refractivity contribution in [2.45, 2.75) is 92.9 Å². The number of nitrogens with one attached hydrogen (secondary N) is 1. The summed E-state index contributed by atoms with van der Waals surface area (Å²) in [6.07, 6.45) is 16.3. The molecule has 0 bridgehead atoms. The molecule has 5 heteroatoms. The van der Waals surface area contributed by atoms with Crippen molar-refractivity contribution in [3.63, 3.8) is 0 Å². The monoisotopic (exact) mass is 499 g/mol. The summed E-state index contributed by atoms with van der Waals surface area (Å²) in [5, 5.41) is 2.59. The highest BCUT2D eigenvalue weighted by molar-refractivity contribution is 5.88. The molecule has 1 aromatic rings. The summed E-state index contributed by atoms with van der Waals surface area (Å²) in [6.45, 7) is 21.3. The van der Waals surface area contributed by atoms with Crippen LogP contribution in [0.4, 0.5) is 14.5 Å². The van der Waals surface area contributed by atoms with Crippen molar-refractivity contribution >= 4 is 17.1 Å². The summed E-state index contributed by atoms with van der Waals surface area (Å²) >= 11 is 0. The third-order valence-electron chi connectivity index (χ3n) is 5.62. The molecule has 1 aliphatic carbocycles. The van der Waals surface area contributed by atoms with Gasteiger partial charge >= 0.3 is 0 Å². The lowest BCUT2D eigenvalue weighted by molar-refractivity contribution is 0.355. The molecule has 0 unspecified atom stereocenters. The Labute approximate surface area is 218 Å². The molecule has 0 spiro atoms. The van der Waals surface area contributed by atoms with E-state index in [4.69, 9.17) is 0 Å².